The summed E-state index contributed by atoms with van der Waals surface area (Å²) in [6.45, 7) is 3.33. The Bertz CT molecular complexity index is 829. The van der Waals surface area contributed by atoms with Crippen LogP contribution in [0.15, 0.2) is 23.5 Å². The number of nitrogens with two attached hydrogens (primary N) is 1. The fourth-order valence-electron chi connectivity index (χ4n) is 3.52. The molecule has 2 aliphatic rings. The van der Waals surface area contributed by atoms with Crippen LogP contribution in [-0.4, -0.2) is 47.5 Å². The van der Waals surface area contributed by atoms with E-state index in [2.05, 4.69) is 10.5 Å². The van der Waals surface area contributed by atoms with Crippen molar-refractivity contribution in [1.29, 1.82) is 16.2 Å². The second-order valence-corrected chi connectivity index (χ2v) is 7.53. The normalized spacial score (nSPS) is 21.8. The number of likely N-dealkylation sites (tertiary alicyclic amines) is 1. The van der Waals surface area contributed by atoms with Gasteiger partial charge in [0.2, 0.25) is 0 Å². The number of amidine groups is 1. The highest BCUT2D eigenvalue weighted by Crippen LogP contribution is 2.33. The van der Waals surface area contributed by atoms with Crippen LogP contribution in [-0.2, 0) is 0 Å². The van der Waals surface area contributed by atoms with E-state index in [4.69, 9.17) is 22.0 Å². The van der Waals surface area contributed by atoms with Gasteiger partial charge in [0.1, 0.15) is 16.5 Å². The van der Waals surface area contributed by atoms with Gasteiger partial charge in [0.25, 0.3) is 0 Å². The van der Waals surface area contributed by atoms with Crippen molar-refractivity contribution in [2.45, 2.75) is 0 Å². The number of thioether (sulfide) groups is 1. The number of fused-ring (bicyclic) bond motifs is 1. The van der Waals surface area contributed by atoms with Gasteiger partial charge in [-0.15, -0.1) is 4.91 Å². The van der Waals surface area contributed by atoms with Crippen LogP contribution in [0, 0.1) is 38.8 Å². The summed E-state index contributed by atoms with van der Waals surface area (Å²) in [5, 5.41) is 29.8. The van der Waals surface area contributed by atoms with Crippen molar-refractivity contribution < 1.29 is 4.39 Å². The summed E-state index contributed by atoms with van der Waals surface area (Å²) in [4.78, 5) is 13.1. The predicted octanol–water partition coefficient (Wildman–Crippen LogP) is 2.32. The lowest BCUT2D eigenvalue weighted by molar-refractivity contribution is 0.474. The lowest BCUT2D eigenvalue weighted by Crippen LogP contribution is -2.30. The zero-order chi connectivity index (χ0) is 19.6. The predicted molar refractivity (Wildman–Crippen MR) is 106 cm³/mol. The van der Waals surface area contributed by atoms with E-state index in [1.807, 2.05) is 4.90 Å². The first kappa shape index (κ1) is 19.2. The molecule has 1 aromatic rings. The molecule has 142 valence electrons. The molecule has 2 saturated heterocycles. The van der Waals surface area contributed by atoms with Crippen molar-refractivity contribution >= 4 is 39.4 Å². The Morgan fingerprint density at radius 3 is 2.56 bits per heavy atom. The maximum Gasteiger partial charge on any atom is 0.162 e. The Morgan fingerprint density at radius 2 is 2.00 bits per heavy atom. The summed E-state index contributed by atoms with van der Waals surface area (Å²) in [6, 6.07) is 2.40. The van der Waals surface area contributed by atoms with E-state index in [1.165, 1.54) is 6.07 Å². The molecule has 1 aromatic carbocycles. The zero-order valence-corrected chi connectivity index (χ0v) is 15.3. The van der Waals surface area contributed by atoms with E-state index < -0.39 is 5.82 Å². The molecule has 0 aliphatic carbocycles. The Hall–Kier alpha value is -2.59. The fraction of sp³-hybridized carbons (Fsp3) is 0.353. The fourth-order valence-corrected chi connectivity index (χ4v) is 4.29. The summed E-state index contributed by atoms with van der Waals surface area (Å²) < 4.78 is 14.6. The molecule has 6 N–H and O–H groups in total. The van der Waals surface area contributed by atoms with Gasteiger partial charge in [-0.2, -0.15) is 0 Å². The van der Waals surface area contributed by atoms with Crippen LogP contribution in [0.2, 0.25) is 0 Å². The van der Waals surface area contributed by atoms with E-state index in [-0.39, 0.29) is 32.6 Å². The highest BCUT2D eigenvalue weighted by atomic mass is 32.2. The second kappa shape index (κ2) is 7.97. The maximum absolute atomic E-state index is 14.6. The van der Waals surface area contributed by atoms with Gasteiger partial charge in [-0.05, 0) is 46.5 Å². The van der Waals surface area contributed by atoms with Gasteiger partial charge < -0.3 is 21.4 Å². The summed E-state index contributed by atoms with van der Waals surface area (Å²) in [6.07, 6.45) is 2.07. The summed E-state index contributed by atoms with van der Waals surface area (Å²) in [5.74, 6) is 0.174. The third-order valence-electron chi connectivity index (χ3n) is 4.94. The van der Waals surface area contributed by atoms with Crippen molar-refractivity contribution in [3.63, 3.8) is 0 Å². The maximum atomic E-state index is 14.6. The minimum absolute atomic E-state index is 0.164. The topological polar surface area (TPSA) is 142 Å². The molecule has 10 heteroatoms. The first-order valence-corrected chi connectivity index (χ1v) is 9.20. The van der Waals surface area contributed by atoms with Crippen molar-refractivity contribution in [3.8, 4) is 0 Å². The summed E-state index contributed by atoms with van der Waals surface area (Å²) in [5.41, 5.74) is 5.37. The number of nitrogens with zero attached hydrogens (tertiary/aromatic N) is 2. The van der Waals surface area contributed by atoms with Crippen molar-refractivity contribution in [3.05, 3.63) is 40.2 Å². The molecule has 3 rings (SSSR count). The first-order valence-electron chi connectivity index (χ1n) is 8.39. The Balaban J connectivity index is 1.79. The van der Waals surface area contributed by atoms with Gasteiger partial charge in [0.05, 0.1) is 5.56 Å². The number of halogens is 1. The number of rotatable bonds is 4. The molecule has 2 aliphatic heterocycles. The van der Waals surface area contributed by atoms with E-state index >= 15 is 0 Å². The SMILES string of the molecule is N=C/C(=C\N)c1cc(F)c(C(=N)SC(=N)N2CC3CNCC3C2)c(N=O)c1. The van der Waals surface area contributed by atoms with Crippen LogP contribution in [0.3, 0.4) is 0 Å². The molecule has 2 heterocycles. The van der Waals surface area contributed by atoms with E-state index in [9.17, 15) is 9.30 Å². The molecule has 8 nitrogen and oxygen atoms in total. The minimum atomic E-state index is -0.809. The van der Waals surface area contributed by atoms with Crippen LogP contribution in [0.25, 0.3) is 5.57 Å². The zero-order valence-electron chi connectivity index (χ0n) is 14.5. The highest BCUT2D eigenvalue weighted by molar-refractivity contribution is 8.26. The quantitative estimate of drug-likeness (QED) is 0.305. The molecular formula is C17H20FN7OS. The molecule has 0 saturated carbocycles. The molecule has 2 unspecified atom stereocenters. The molecule has 2 atom stereocenters. The van der Waals surface area contributed by atoms with Gasteiger partial charge >= 0.3 is 0 Å². The van der Waals surface area contributed by atoms with Crippen LogP contribution in [0.1, 0.15) is 11.1 Å². The molecule has 0 bridgehead atoms. The van der Waals surface area contributed by atoms with Gasteiger partial charge in [0, 0.05) is 44.2 Å². The van der Waals surface area contributed by atoms with E-state index in [0.717, 1.165) is 56.4 Å². The summed E-state index contributed by atoms with van der Waals surface area (Å²) in [7, 11) is 0. The average molecular weight is 389 g/mol. The van der Waals surface area contributed by atoms with Crippen molar-refractivity contribution in [2.75, 3.05) is 26.2 Å². The molecule has 0 radical (unpaired) electrons. The number of allylic oxidation sites excluding steroid dienone is 1. The second-order valence-electron chi connectivity index (χ2n) is 6.53. The van der Waals surface area contributed by atoms with Gasteiger partial charge in [-0.1, -0.05) is 0 Å². The molecular weight excluding hydrogens is 369 g/mol. The lowest BCUT2D eigenvalue weighted by atomic mass is 10.0. The van der Waals surface area contributed by atoms with Crippen molar-refractivity contribution in [1.82, 2.24) is 10.2 Å². The lowest BCUT2D eigenvalue weighted by Gasteiger charge is -2.20. The van der Waals surface area contributed by atoms with Crippen LogP contribution >= 0.6 is 11.8 Å². The van der Waals surface area contributed by atoms with Crippen LogP contribution < -0.4 is 11.1 Å². The highest BCUT2D eigenvalue weighted by Gasteiger charge is 2.37. The molecule has 2 fully saturated rings. The number of benzene rings is 1. The van der Waals surface area contributed by atoms with Gasteiger partial charge in [-0.25, -0.2) is 4.39 Å². The van der Waals surface area contributed by atoms with E-state index in [1.54, 1.807) is 0 Å². The van der Waals surface area contributed by atoms with Gasteiger partial charge in [0.15, 0.2) is 5.17 Å². The van der Waals surface area contributed by atoms with Crippen LogP contribution in [0.5, 0.6) is 0 Å². The molecule has 27 heavy (non-hydrogen) atoms. The van der Waals surface area contributed by atoms with E-state index in [0.29, 0.717) is 11.8 Å². The van der Waals surface area contributed by atoms with Crippen LogP contribution in [0.4, 0.5) is 10.1 Å². The standard InChI is InChI=1S/C17H20FN7OS/c18-13-1-9(10(3-19)4-20)2-14(24-26)15(13)16(21)27-17(22)25-7-11-5-23-6-12(11)8-25/h1-4,11-12,19,21-23H,5-8,20H2/b10-4+,19-3?,21-16?,22-17?. The number of hydrogen-bond acceptors (Lipinski definition) is 8. The Kier molecular flexibility index (Phi) is 5.66. The number of hydrogen-bond donors (Lipinski definition) is 5. The average Bonchev–Trinajstić information content (AvgIpc) is 3.24. The number of nitrogens with one attached hydrogen (secondary N) is 4. The molecule has 0 amide bonds. The summed E-state index contributed by atoms with van der Waals surface area (Å²) >= 11 is 0.807. The molecule has 0 spiro atoms. The first-order chi connectivity index (χ1) is 13.0. The third-order valence-corrected chi connectivity index (χ3v) is 5.80. The number of nitroso groups, excluding NO2 is 1. The Morgan fingerprint density at radius 1 is 1.33 bits per heavy atom. The Labute approximate surface area is 159 Å². The molecule has 0 aromatic heterocycles. The van der Waals surface area contributed by atoms with Crippen molar-refractivity contribution in [2.24, 2.45) is 22.7 Å². The third kappa shape index (κ3) is 3.76. The smallest absolute Gasteiger partial charge is 0.162 e. The minimum Gasteiger partial charge on any atom is -0.404 e. The largest absolute Gasteiger partial charge is 0.404 e. The van der Waals surface area contributed by atoms with Gasteiger partial charge in [-0.3, -0.25) is 10.8 Å². The monoisotopic (exact) mass is 389 g/mol.